The van der Waals surface area contributed by atoms with Gasteiger partial charge in [-0.25, -0.2) is 0 Å². The first kappa shape index (κ1) is 16.5. The van der Waals surface area contributed by atoms with Crippen LogP contribution in [0.3, 0.4) is 0 Å². The predicted molar refractivity (Wildman–Crippen MR) is 83.5 cm³/mol. The Balaban J connectivity index is 2.39. The molecule has 1 atom stereocenters. The van der Waals surface area contributed by atoms with Crippen LogP contribution in [0.5, 0.6) is 0 Å². The molecule has 2 aromatic rings. The molecule has 0 fully saturated rings. The number of hydrogen-bond donors (Lipinski definition) is 0. The Morgan fingerprint density at radius 1 is 1.27 bits per heavy atom. The smallest absolute Gasteiger partial charge is 0.263 e. The normalized spacial score (nSPS) is 13.0. The van der Waals surface area contributed by atoms with E-state index in [2.05, 4.69) is 8.75 Å². The van der Waals surface area contributed by atoms with Crippen molar-refractivity contribution < 1.29 is 13.3 Å². The van der Waals surface area contributed by atoms with Crippen molar-refractivity contribution >= 4 is 38.0 Å². The first-order chi connectivity index (χ1) is 10.3. The van der Waals surface area contributed by atoms with E-state index in [-0.39, 0.29) is 15.6 Å². The Labute approximate surface area is 134 Å². The van der Waals surface area contributed by atoms with Gasteiger partial charge in [-0.15, -0.1) is 3.77 Å². The topological polar surface area (TPSA) is 103 Å². The highest BCUT2D eigenvalue weighted by Gasteiger charge is 2.18. The molecule has 0 aliphatic rings. The summed E-state index contributed by atoms with van der Waals surface area (Å²) in [5.41, 5.74) is -0.0705. The standard InChI is InChI=1S/C12H10ClN3O4S2/c1-21(10-4-2-9(3-5-10)16(17)18)15-22(19,20)12-8-14-7-6-11(12)13/h2-8H,1H3/t21-/m0/s1. The Morgan fingerprint density at radius 2 is 1.91 bits per heavy atom. The SMILES string of the molecule is C[S@](=NS(=O)(=O)c1cnccc1Cl)c1ccc([N+](=O)[O-])cc1. The lowest BCUT2D eigenvalue weighted by Gasteiger charge is -2.04. The molecule has 0 aliphatic carbocycles. The zero-order valence-corrected chi connectivity index (χ0v) is 13.6. The van der Waals surface area contributed by atoms with Gasteiger partial charge in [-0.2, -0.15) is 8.42 Å². The van der Waals surface area contributed by atoms with E-state index in [0.29, 0.717) is 4.90 Å². The molecular weight excluding hydrogens is 350 g/mol. The van der Waals surface area contributed by atoms with Crippen molar-refractivity contribution in [2.75, 3.05) is 6.26 Å². The van der Waals surface area contributed by atoms with Crippen LogP contribution < -0.4 is 0 Å². The van der Waals surface area contributed by atoms with Crippen LogP contribution in [-0.2, 0) is 20.7 Å². The van der Waals surface area contributed by atoms with Crippen LogP contribution in [0.15, 0.2) is 56.3 Å². The number of nitro groups is 1. The summed E-state index contributed by atoms with van der Waals surface area (Å²) in [5.74, 6) is 0. The summed E-state index contributed by atoms with van der Waals surface area (Å²) in [4.78, 5) is 14.2. The number of rotatable bonds is 4. The molecule has 116 valence electrons. The van der Waals surface area contributed by atoms with E-state index in [1.165, 1.54) is 36.5 Å². The summed E-state index contributed by atoms with van der Waals surface area (Å²) in [6.45, 7) is 0. The number of hydrogen-bond acceptors (Lipinski definition) is 5. The fourth-order valence-electron chi connectivity index (χ4n) is 1.55. The third kappa shape index (κ3) is 3.67. The summed E-state index contributed by atoms with van der Waals surface area (Å²) in [7, 11) is -4.96. The molecule has 0 saturated heterocycles. The number of benzene rings is 1. The van der Waals surface area contributed by atoms with Crippen molar-refractivity contribution in [3.63, 3.8) is 0 Å². The molecule has 1 heterocycles. The molecule has 22 heavy (non-hydrogen) atoms. The quantitative estimate of drug-likeness (QED) is 0.616. The van der Waals surface area contributed by atoms with E-state index in [4.69, 9.17) is 11.6 Å². The minimum Gasteiger partial charge on any atom is -0.263 e. The maximum atomic E-state index is 12.2. The summed E-state index contributed by atoms with van der Waals surface area (Å²) >= 11 is 5.84. The largest absolute Gasteiger partial charge is 0.291 e. The predicted octanol–water partition coefficient (Wildman–Crippen LogP) is 2.82. The number of halogens is 1. The van der Waals surface area contributed by atoms with Gasteiger partial charge in [0, 0.05) is 29.4 Å². The third-order valence-corrected chi connectivity index (χ3v) is 6.57. The van der Waals surface area contributed by atoms with Crippen molar-refractivity contribution in [2.24, 2.45) is 3.77 Å². The van der Waals surface area contributed by atoms with Crippen LogP contribution >= 0.6 is 11.6 Å². The van der Waals surface area contributed by atoms with E-state index in [1.807, 2.05) is 0 Å². The maximum absolute atomic E-state index is 12.2. The second kappa shape index (κ2) is 6.51. The fourth-order valence-corrected chi connectivity index (χ4v) is 4.83. The Bertz CT molecular complexity index is 851. The van der Waals surface area contributed by atoms with Crippen molar-refractivity contribution in [2.45, 2.75) is 9.79 Å². The first-order valence-corrected chi connectivity index (χ1v) is 9.20. The van der Waals surface area contributed by atoms with E-state index in [9.17, 15) is 18.5 Å². The molecule has 2 rings (SSSR count). The van der Waals surface area contributed by atoms with Crippen LogP contribution in [0.1, 0.15) is 0 Å². The highest BCUT2D eigenvalue weighted by Crippen LogP contribution is 2.23. The van der Waals surface area contributed by atoms with Gasteiger partial charge in [-0.05, 0) is 24.5 Å². The molecule has 0 N–H and O–H groups in total. The van der Waals surface area contributed by atoms with Crippen LogP contribution in [-0.4, -0.2) is 24.6 Å². The molecule has 0 unspecified atom stereocenters. The van der Waals surface area contributed by atoms with Gasteiger partial charge in [0.05, 0.1) is 9.95 Å². The number of sulfonamides is 1. The summed E-state index contributed by atoms with van der Waals surface area (Å²) in [6, 6.07) is 6.93. The zero-order valence-electron chi connectivity index (χ0n) is 11.2. The molecule has 10 heteroatoms. The van der Waals surface area contributed by atoms with Crippen LogP contribution in [0.4, 0.5) is 5.69 Å². The molecule has 0 aliphatic heterocycles. The lowest BCUT2D eigenvalue weighted by Crippen LogP contribution is -2.01. The van der Waals surface area contributed by atoms with Crippen LogP contribution in [0.2, 0.25) is 5.02 Å². The van der Waals surface area contributed by atoms with E-state index in [1.54, 1.807) is 6.26 Å². The summed E-state index contributed by atoms with van der Waals surface area (Å²) in [6.07, 6.45) is 4.11. The van der Waals surface area contributed by atoms with Gasteiger partial charge in [-0.3, -0.25) is 15.1 Å². The van der Waals surface area contributed by atoms with Gasteiger partial charge < -0.3 is 0 Å². The number of nitro benzene ring substituents is 1. The molecule has 0 bridgehead atoms. The second-order valence-electron chi connectivity index (χ2n) is 4.08. The summed E-state index contributed by atoms with van der Waals surface area (Å²) < 4.78 is 28.2. The average molecular weight is 360 g/mol. The Kier molecular flexibility index (Phi) is 4.89. The highest BCUT2D eigenvalue weighted by atomic mass is 35.5. The van der Waals surface area contributed by atoms with Gasteiger partial charge in [0.1, 0.15) is 4.90 Å². The van der Waals surface area contributed by atoms with Gasteiger partial charge in [0.15, 0.2) is 0 Å². The van der Waals surface area contributed by atoms with Crippen molar-refractivity contribution in [1.29, 1.82) is 0 Å². The third-order valence-electron chi connectivity index (χ3n) is 2.61. The number of pyridine rings is 1. The minimum absolute atomic E-state index is 0.0412. The fraction of sp³-hybridized carbons (Fsp3) is 0.0833. The highest BCUT2D eigenvalue weighted by molar-refractivity contribution is 8.00. The molecule has 0 amide bonds. The number of nitrogens with zero attached hydrogens (tertiary/aromatic N) is 3. The average Bonchev–Trinajstić information content (AvgIpc) is 2.47. The van der Waals surface area contributed by atoms with Gasteiger partial charge in [0.25, 0.3) is 15.7 Å². The lowest BCUT2D eigenvalue weighted by atomic mass is 10.3. The minimum atomic E-state index is -3.96. The summed E-state index contributed by atoms with van der Waals surface area (Å²) in [5, 5.41) is 10.6. The van der Waals surface area contributed by atoms with E-state index < -0.39 is 25.6 Å². The van der Waals surface area contributed by atoms with Gasteiger partial charge in [0.2, 0.25) is 0 Å². The van der Waals surface area contributed by atoms with Crippen molar-refractivity contribution in [3.05, 3.63) is 57.9 Å². The first-order valence-electron chi connectivity index (χ1n) is 5.79. The second-order valence-corrected chi connectivity index (χ2v) is 7.91. The number of aromatic nitrogens is 1. The molecular formula is C12H10ClN3O4S2. The van der Waals surface area contributed by atoms with Gasteiger partial charge in [-0.1, -0.05) is 22.3 Å². The number of non-ortho nitro benzene ring substituents is 1. The maximum Gasteiger partial charge on any atom is 0.291 e. The monoisotopic (exact) mass is 359 g/mol. The zero-order chi connectivity index (χ0) is 16.3. The van der Waals surface area contributed by atoms with Crippen LogP contribution in [0.25, 0.3) is 0 Å². The molecule has 0 radical (unpaired) electrons. The lowest BCUT2D eigenvalue weighted by molar-refractivity contribution is -0.384. The Hall–Kier alpha value is -1.84. The van der Waals surface area contributed by atoms with Crippen LogP contribution in [0, 0.1) is 10.1 Å². The van der Waals surface area contributed by atoms with Crippen molar-refractivity contribution in [1.82, 2.24) is 4.98 Å². The molecule has 0 saturated carbocycles. The van der Waals surface area contributed by atoms with E-state index >= 15 is 0 Å². The molecule has 1 aromatic heterocycles. The molecule has 1 aromatic carbocycles. The van der Waals surface area contributed by atoms with E-state index in [0.717, 1.165) is 6.20 Å². The molecule has 7 nitrogen and oxygen atoms in total. The molecule has 0 spiro atoms. The van der Waals surface area contributed by atoms with Gasteiger partial charge >= 0.3 is 0 Å². The van der Waals surface area contributed by atoms with Crippen molar-refractivity contribution in [3.8, 4) is 0 Å². The Morgan fingerprint density at radius 3 is 2.45 bits per heavy atom.